The minimum atomic E-state index is -0.381. The lowest BCUT2D eigenvalue weighted by Crippen LogP contribution is -2.53. The summed E-state index contributed by atoms with van der Waals surface area (Å²) in [5.74, 6) is -1.23. The summed E-state index contributed by atoms with van der Waals surface area (Å²) in [6.45, 7) is 0. The van der Waals surface area contributed by atoms with Gasteiger partial charge in [-0.2, -0.15) is 0 Å². The molecule has 1 aromatic rings. The van der Waals surface area contributed by atoms with E-state index in [-0.39, 0.29) is 52.7 Å². The molecule has 0 radical (unpaired) electrons. The van der Waals surface area contributed by atoms with Crippen LogP contribution >= 0.6 is 0 Å². The topological polar surface area (TPSA) is 66.7 Å². The van der Waals surface area contributed by atoms with Crippen molar-refractivity contribution in [1.29, 1.82) is 0 Å². The van der Waals surface area contributed by atoms with Gasteiger partial charge in [0.15, 0.2) is 0 Å². The molecule has 7 rings (SSSR count). The molecular formula is C21H20N2O4. The van der Waals surface area contributed by atoms with Crippen molar-refractivity contribution in [3.63, 3.8) is 0 Å². The number of imide groups is 1. The molecule has 3 amide bonds. The number of hydrogen-bond acceptors (Lipinski definition) is 4. The Kier molecular flexibility index (Phi) is 2.63. The van der Waals surface area contributed by atoms with Crippen molar-refractivity contribution in [3.8, 4) is 0 Å². The van der Waals surface area contributed by atoms with Crippen LogP contribution in [0.15, 0.2) is 42.5 Å². The highest BCUT2D eigenvalue weighted by molar-refractivity contribution is 6.23. The van der Waals surface area contributed by atoms with Crippen LogP contribution in [-0.4, -0.2) is 41.0 Å². The summed E-state index contributed by atoms with van der Waals surface area (Å²) in [4.78, 5) is 42.5. The van der Waals surface area contributed by atoms with Gasteiger partial charge in [0.25, 0.3) is 0 Å². The van der Waals surface area contributed by atoms with E-state index in [1.165, 1.54) is 12.0 Å². The van der Waals surface area contributed by atoms with Crippen LogP contribution in [0.1, 0.15) is 19.3 Å². The summed E-state index contributed by atoms with van der Waals surface area (Å²) in [6, 6.07) is 9.17. The fourth-order valence-corrected chi connectivity index (χ4v) is 7.10. The zero-order valence-electron chi connectivity index (χ0n) is 15.0. The Bertz CT molecular complexity index is 881. The lowest BCUT2D eigenvalue weighted by Gasteiger charge is -2.43. The number of carbonyl (C=O) groups excluding carboxylic acids is 3. The highest BCUT2D eigenvalue weighted by Gasteiger charge is 2.90. The van der Waals surface area contributed by atoms with Crippen LogP contribution in [0.4, 0.5) is 10.5 Å². The third-order valence-electron chi connectivity index (χ3n) is 7.79. The van der Waals surface area contributed by atoms with E-state index in [2.05, 4.69) is 12.2 Å². The van der Waals surface area contributed by atoms with Gasteiger partial charge in [-0.1, -0.05) is 30.4 Å². The number of rotatable bonds is 1. The van der Waals surface area contributed by atoms with E-state index in [0.29, 0.717) is 5.69 Å². The first-order chi connectivity index (χ1) is 13.1. The number of benzene rings is 1. The average Bonchev–Trinajstić information content (AvgIpc) is 2.96. The second-order valence-corrected chi connectivity index (χ2v) is 8.34. The molecule has 0 aromatic heterocycles. The van der Waals surface area contributed by atoms with Gasteiger partial charge in [0.05, 0.1) is 35.7 Å². The number of para-hydroxylation sites is 1. The zero-order chi connectivity index (χ0) is 18.6. The van der Waals surface area contributed by atoms with E-state index in [1.807, 2.05) is 23.1 Å². The van der Waals surface area contributed by atoms with E-state index >= 15 is 0 Å². The second-order valence-electron chi connectivity index (χ2n) is 8.34. The van der Waals surface area contributed by atoms with Gasteiger partial charge in [0.1, 0.15) is 0 Å². The van der Waals surface area contributed by atoms with Crippen molar-refractivity contribution in [1.82, 2.24) is 4.90 Å². The summed E-state index contributed by atoms with van der Waals surface area (Å²) in [6.07, 6.45) is 6.64. The van der Waals surface area contributed by atoms with Gasteiger partial charge in [-0.25, -0.2) is 4.79 Å². The molecule has 6 atom stereocenters. The largest absolute Gasteiger partial charge is 0.453 e. The van der Waals surface area contributed by atoms with Crippen molar-refractivity contribution in [2.24, 2.45) is 23.7 Å². The molecule has 2 aliphatic heterocycles. The van der Waals surface area contributed by atoms with Gasteiger partial charge in [-0.3, -0.25) is 19.4 Å². The predicted molar refractivity (Wildman–Crippen MR) is 95.6 cm³/mol. The summed E-state index contributed by atoms with van der Waals surface area (Å²) in [5, 5.41) is 0. The maximum atomic E-state index is 13.4. The molecule has 6 heteroatoms. The predicted octanol–water partition coefficient (Wildman–Crippen LogP) is 2.35. The highest BCUT2D eigenvalue weighted by atomic mass is 16.5. The van der Waals surface area contributed by atoms with Crippen molar-refractivity contribution in [3.05, 3.63) is 42.5 Å². The minimum absolute atomic E-state index is 0.112. The lowest BCUT2D eigenvalue weighted by molar-refractivity contribution is -0.125. The molecule has 2 saturated heterocycles. The monoisotopic (exact) mass is 364 g/mol. The molecule has 0 spiro atoms. The Hall–Kier alpha value is -2.63. The third-order valence-corrected chi connectivity index (χ3v) is 7.79. The van der Waals surface area contributed by atoms with Crippen LogP contribution in [0, 0.1) is 23.7 Å². The van der Waals surface area contributed by atoms with E-state index in [0.717, 1.165) is 19.3 Å². The molecule has 0 unspecified atom stereocenters. The Labute approximate surface area is 156 Å². The molecule has 1 aromatic carbocycles. The molecule has 27 heavy (non-hydrogen) atoms. The van der Waals surface area contributed by atoms with Gasteiger partial charge >= 0.3 is 6.09 Å². The van der Waals surface area contributed by atoms with Crippen LogP contribution < -0.4 is 4.90 Å². The molecule has 138 valence electrons. The van der Waals surface area contributed by atoms with Gasteiger partial charge in [-0.15, -0.1) is 0 Å². The molecule has 2 bridgehead atoms. The minimum Gasteiger partial charge on any atom is -0.453 e. The second kappa shape index (κ2) is 4.61. The molecular weight excluding hydrogens is 344 g/mol. The molecule has 0 N–H and O–H groups in total. The Morgan fingerprint density at radius 3 is 2.07 bits per heavy atom. The smallest absolute Gasteiger partial charge is 0.410 e. The molecule has 6 nitrogen and oxygen atoms in total. The van der Waals surface area contributed by atoms with Crippen molar-refractivity contribution < 1.29 is 19.1 Å². The Morgan fingerprint density at radius 1 is 1.00 bits per heavy atom. The maximum absolute atomic E-state index is 13.4. The molecule has 2 heterocycles. The molecule has 4 fully saturated rings. The number of likely N-dealkylation sites (tertiary alicyclic amines) is 1. The van der Waals surface area contributed by atoms with Gasteiger partial charge in [-0.05, 0) is 31.4 Å². The maximum Gasteiger partial charge on any atom is 0.410 e. The first-order valence-electron chi connectivity index (χ1n) is 9.59. The number of piperidine rings is 1. The normalized spacial score (nSPS) is 42.9. The third kappa shape index (κ3) is 1.40. The summed E-state index contributed by atoms with van der Waals surface area (Å²) < 4.78 is 5.06. The first kappa shape index (κ1) is 15.4. The number of amides is 3. The van der Waals surface area contributed by atoms with E-state index in [1.54, 1.807) is 12.1 Å². The summed E-state index contributed by atoms with van der Waals surface area (Å²) >= 11 is 0. The Morgan fingerprint density at radius 2 is 1.56 bits per heavy atom. The quantitative estimate of drug-likeness (QED) is 0.436. The number of methoxy groups -OCH3 is 1. The number of anilines is 1. The van der Waals surface area contributed by atoms with Crippen LogP contribution in [-0.2, 0) is 14.3 Å². The van der Waals surface area contributed by atoms with E-state index in [9.17, 15) is 14.4 Å². The SMILES string of the molecule is COC(=O)N1[C@@]23CCC[C@@]12[C@H]1C=C[C@H]3[C@H]2C(=O)N(c3ccccc3)C(=O)[C@H]21. The van der Waals surface area contributed by atoms with Gasteiger partial charge < -0.3 is 4.74 Å². The first-order valence-corrected chi connectivity index (χ1v) is 9.59. The van der Waals surface area contributed by atoms with Crippen LogP contribution in [0.3, 0.4) is 0 Å². The average molecular weight is 364 g/mol. The van der Waals surface area contributed by atoms with Crippen molar-refractivity contribution in [2.45, 2.75) is 30.3 Å². The van der Waals surface area contributed by atoms with Crippen LogP contribution in [0.25, 0.3) is 0 Å². The standard InChI is InChI=1S/C21H20N2O4/c1-27-19(26)23-20-10-5-11-21(20,23)14-9-8-13(20)15-16(14)18(25)22(17(15)24)12-6-3-2-4-7-12/h2-4,6-9,13-16H,5,10-11H2,1H3/t13-,14-,15-,16+,20-,21+,23?/m0/s1. The fraction of sp³-hybridized carbons (Fsp3) is 0.476. The molecule has 2 saturated carbocycles. The van der Waals surface area contributed by atoms with Crippen molar-refractivity contribution in [2.75, 3.05) is 12.0 Å². The Balaban J connectivity index is 1.48. The molecule has 6 aliphatic rings. The fourth-order valence-electron chi connectivity index (χ4n) is 7.10. The van der Waals surface area contributed by atoms with E-state index < -0.39 is 0 Å². The van der Waals surface area contributed by atoms with Crippen molar-refractivity contribution >= 4 is 23.6 Å². The summed E-state index contributed by atoms with van der Waals surface area (Å²) in [5.41, 5.74) is -0.0490. The lowest BCUT2D eigenvalue weighted by atomic mass is 9.55. The highest BCUT2D eigenvalue weighted by Crippen LogP contribution is 2.78. The number of hydrogen-bond donors (Lipinski definition) is 0. The number of nitrogens with zero attached hydrogens (tertiary/aromatic N) is 2. The van der Waals surface area contributed by atoms with Crippen LogP contribution in [0.2, 0.25) is 0 Å². The van der Waals surface area contributed by atoms with Gasteiger partial charge in [0, 0.05) is 11.8 Å². The number of ether oxygens (including phenoxy) is 1. The van der Waals surface area contributed by atoms with Crippen LogP contribution in [0.5, 0.6) is 0 Å². The number of carbonyl (C=O) groups is 3. The van der Waals surface area contributed by atoms with Gasteiger partial charge in [0.2, 0.25) is 11.8 Å². The zero-order valence-corrected chi connectivity index (χ0v) is 15.0. The molecule has 4 aliphatic carbocycles. The summed E-state index contributed by atoms with van der Waals surface area (Å²) in [7, 11) is 1.40. The van der Waals surface area contributed by atoms with E-state index in [4.69, 9.17) is 4.74 Å².